The summed E-state index contributed by atoms with van der Waals surface area (Å²) in [6.07, 6.45) is 6.67. The predicted molar refractivity (Wildman–Crippen MR) is 126 cm³/mol. The summed E-state index contributed by atoms with van der Waals surface area (Å²) in [6.45, 7) is 4.34. The molecule has 8 heteroatoms. The number of nitrogens with two attached hydrogens (primary N) is 1. The van der Waals surface area contributed by atoms with Crippen molar-refractivity contribution >= 4 is 23.3 Å². The average molecular weight is 436 g/mol. The van der Waals surface area contributed by atoms with Crippen molar-refractivity contribution in [3.05, 3.63) is 79.0 Å². The van der Waals surface area contributed by atoms with Crippen LogP contribution in [0.5, 0.6) is 5.75 Å². The van der Waals surface area contributed by atoms with Crippen LogP contribution in [0.3, 0.4) is 0 Å². The lowest BCUT2D eigenvalue weighted by atomic mass is 10.1. The van der Waals surface area contributed by atoms with Crippen molar-refractivity contribution in [1.29, 1.82) is 0 Å². The van der Waals surface area contributed by atoms with Crippen LogP contribution in [0, 0.1) is 0 Å². The number of phenolic OH excluding ortho intramolecular Hbond substituents is 1. The van der Waals surface area contributed by atoms with E-state index < -0.39 is 6.04 Å². The van der Waals surface area contributed by atoms with Crippen LogP contribution in [0.2, 0.25) is 0 Å². The summed E-state index contributed by atoms with van der Waals surface area (Å²) in [5.41, 5.74) is 2.33. The topological polar surface area (TPSA) is 102 Å². The summed E-state index contributed by atoms with van der Waals surface area (Å²) in [6, 6.07) is 13.0. The van der Waals surface area contributed by atoms with E-state index in [9.17, 15) is 14.7 Å². The number of amides is 3. The Hall–Kier alpha value is -3.78. The third-order valence-electron chi connectivity index (χ3n) is 5.32. The zero-order valence-electron chi connectivity index (χ0n) is 18.1. The Balaban J connectivity index is 1.65. The first kappa shape index (κ1) is 22.9. The van der Waals surface area contributed by atoms with Crippen LogP contribution in [-0.4, -0.2) is 46.6 Å². The Morgan fingerprint density at radius 2 is 2.03 bits per heavy atom. The van der Waals surface area contributed by atoms with E-state index in [1.54, 1.807) is 36.4 Å². The second-order valence-corrected chi connectivity index (χ2v) is 7.65. The van der Waals surface area contributed by atoms with Gasteiger partial charge in [0.05, 0.1) is 6.54 Å². The number of nitrogens with one attached hydrogen (secondary N) is 1. The fraction of sp³-hybridized carbons (Fsp3) is 0.250. The molecule has 0 aromatic heterocycles. The van der Waals surface area contributed by atoms with E-state index in [1.807, 2.05) is 42.4 Å². The Kier molecular flexibility index (Phi) is 7.51. The predicted octanol–water partition coefficient (Wildman–Crippen LogP) is 3.43. The lowest BCUT2D eigenvalue weighted by molar-refractivity contribution is -0.136. The normalized spacial score (nSPS) is 15.6. The minimum Gasteiger partial charge on any atom is -0.508 e. The number of allylic oxidation sites excluding steroid dienone is 2. The van der Waals surface area contributed by atoms with Gasteiger partial charge in [-0.3, -0.25) is 9.80 Å². The van der Waals surface area contributed by atoms with Gasteiger partial charge < -0.3 is 20.2 Å². The van der Waals surface area contributed by atoms with E-state index in [0.717, 1.165) is 22.7 Å². The van der Waals surface area contributed by atoms with Gasteiger partial charge in [0.25, 0.3) is 5.91 Å². The number of phenols is 1. The monoisotopic (exact) mass is 435 g/mol. The van der Waals surface area contributed by atoms with Crippen molar-refractivity contribution in [2.24, 2.45) is 5.84 Å². The second-order valence-electron chi connectivity index (χ2n) is 7.65. The number of hydrazine groups is 1. The van der Waals surface area contributed by atoms with Crippen molar-refractivity contribution in [2.45, 2.75) is 25.4 Å². The van der Waals surface area contributed by atoms with E-state index >= 15 is 0 Å². The van der Waals surface area contributed by atoms with Crippen LogP contribution in [0.4, 0.5) is 16.2 Å². The maximum absolute atomic E-state index is 12.9. The molecule has 0 unspecified atom stereocenters. The quantitative estimate of drug-likeness (QED) is 0.268. The first-order valence-electron chi connectivity index (χ1n) is 10.4. The van der Waals surface area contributed by atoms with Crippen LogP contribution >= 0.6 is 0 Å². The van der Waals surface area contributed by atoms with Crippen molar-refractivity contribution in [1.82, 2.24) is 9.91 Å². The molecule has 1 aliphatic rings. The number of anilines is 2. The summed E-state index contributed by atoms with van der Waals surface area (Å²) >= 11 is 0. The molecule has 2 aromatic rings. The number of likely N-dealkylation sites (tertiary alicyclic amines) is 1. The number of nitrogens with zero attached hydrogens (tertiary/aromatic N) is 3. The molecule has 1 aliphatic heterocycles. The minimum absolute atomic E-state index is 0.147. The molecule has 1 atom stereocenters. The first-order valence-corrected chi connectivity index (χ1v) is 10.4. The molecular weight excluding hydrogens is 406 g/mol. The Morgan fingerprint density at radius 1 is 1.28 bits per heavy atom. The van der Waals surface area contributed by atoms with Gasteiger partial charge in [-0.15, -0.1) is 0 Å². The zero-order chi connectivity index (χ0) is 23.1. The van der Waals surface area contributed by atoms with Gasteiger partial charge in [0.2, 0.25) is 0 Å². The third-order valence-corrected chi connectivity index (χ3v) is 5.32. The average Bonchev–Trinajstić information content (AvgIpc) is 3.28. The standard InChI is InChI=1S/C24H29N5O3/c1-3-4-14-27(2)20-8-5-7-19(16-20)26-24(32)28-15-6-9-22(28)23(31)29(25)17-18-10-12-21(30)13-11-18/h3-5,7-8,10-14,16,22,30H,1,6,9,15,17,25H2,2H3,(H,26,32)/b14-4-/t22-/m1/s1. The maximum Gasteiger partial charge on any atom is 0.322 e. The molecule has 32 heavy (non-hydrogen) atoms. The van der Waals surface area contributed by atoms with Gasteiger partial charge in [-0.2, -0.15) is 0 Å². The molecule has 0 aliphatic carbocycles. The number of carbonyl (C=O) groups excluding carboxylic acids is 2. The smallest absolute Gasteiger partial charge is 0.322 e. The van der Waals surface area contributed by atoms with Crippen LogP contribution < -0.4 is 16.1 Å². The molecule has 0 spiro atoms. The lowest BCUT2D eigenvalue weighted by Crippen LogP contribution is -2.51. The van der Waals surface area contributed by atoms with Crippen molar-refractivity contribution in [3.8, 4) is 5.75 Å². The summed E-state index contributed by atoms with van der Waals surface area (Å²) in [5.74, 6) is 5.86. The molecule has 0 radical (unpaired) electrons. The second kappa shape index (κ2) is 10.5. The molecule has 2 aromatic carbocycles. The van der Waals surface area contributed by atoms with Crippen LogP contribution in [0.25, 0.3) is 0 Å². The summed E-state index contributed by atoms with van der Waals surface area (Å²) < 4.78 is 0. The molecule has 0 saturated carbocycles. The first-order chi connectivity index (χ1) is 15.4. The SMILES string of the molecule is C=C/C=C\N(C)c1cccc(NC(=O)N2CCC[C@@H]2C(=O)N(N)Cc2ccc(O)cc2)c1. The molecule has 1 saturated heterocycles. The molecule has 3 amide bonds. The van der Waals surface area contributed by atoms with Gasteiger partial charge in [-0.1, -0.05) is 30.9 Å². The number of hydrogen-bond acceptors (Lipinski definition) is 5. The fourth-order valence-corrected chi connectivity index (χ4v) is 3.61. The maximum atomic E-state index is 12.9. The number of benzene rings is 2. The van der Waals surface area contributed by atoms with Gasteiger partial charge >= 0.3 is 6.03 Å². The third kappa shape index (κ3) is 5.67. The van der Waals surface area contributed by atoms with E-state index in [0.29, 0.717) is 18.7 Å². The van der Waals surface area contributed by atoms with Crippen molar-refractivity contribution < 1.29 is 14.7 Å². The van der Waals surface area contributed by atoms with Crippen LogP contribution in [-0.2, 0) is 11.3 Å². The van der Waals surface area contributed by atoms with Gasteiger partial charge in [-0.05, 0) is 54.8 Å². The van der Waals surface area contributed by atoms with Gasteiger partial charge in [-0.25, -0.2) is 10.6 Å². The Labute approximate surface area is 188 Å². The molecular formula is C24H29N5O3. The number of rotatable bonds is 7. The molecule has 1 fully saturated rings. The van der Waals surface area contributed by atoms with Gasteiger partial charge in [0, 0.05) is 31.2 Å². The zero-order valence-corrected chi connectivity index (χ0v) is 18.1. The highest BCUT2D eigenvalue weighted by Crippen LogP contribution is 2.23. The van der Waals surface area contributed by atoms with E-state index in [4.69, 9.17) is 5.84 Å². The molecule has 0 bridgehead atoms. The van der Waals surface area contributed by atoms with Crippen LogP contribution in [0.15, 0.2) is 73.5 Å². The molecule has 3 rings (SSSR count). The van der Waals surface area contributed by atoms with Crippen molar-refractivity contribution in [2.75, 3.05) is 23.8 Å². The highest BCUT2D eigenvalue weighted by atomic mass is 16.3. The van der Waals surface area contributed by atoms with E-state index in [2.05, 4.69) is 11.9 Å². The van der Waals surface area contributed by atoms with Gasteiger partial charge in [0.1, 0.15) is 11.8 Å². The number of carbonyl (C=O) groups is 2. The molecule has 1 heterocycles. The number of hydrogen-bond donors (Lipinski definition) is 3. The highest BCUT2D eigenvalue weighted by Gasteiger charge is 2.36. The van der Waals surface area contributed by atoms with Gasteiger partial charge in [0.15, 0.2) is 0 Å². The summed E-state index contributed by atoms with van der Waals surface area (Å²) in [7, 11) is 1.90. The Bertz CT molecular complexity index is 989. The molecule has 4 N–H and O–H groups in total. The van der Waals surface area contributed by atoms with Crippen LogP contribution in [0.1, 0.15) is 18.4 Å². The number of aromatic hydroxyl groups is 1. The Morgan fingerprint density at radius 3 is 2.75 bits per heavy atom. The summed E-state index contributed by atoms with van der Waals surface area (Å²) in [4.78, 5) is 29.3. The lowest BCUT2D eigenvalue weighted by Gasteiger charge is -2.28. The minimum atomic E-state index is -0.613. The fourth-order valence-electron chi connectivity index (χ4n) is 3.61. The highest BCUT2D eigenvalue weighted by molar-refractivity contribution is 5.94. The van der Waals surface area contributed by atoms with Crippen molar-refractivity contribution in [3.63, 3.8) is 0 Å². The number of urea groups is 1. The van der Waals surface area contributed by atoms with E-state index in [1.165, 1.54) is 4.90 Å². The molecule has 168 valence electrons. The molecule has 8 nitrogen and oxygen atoms in total. The largest absolute Gasteiger partial charge is 0.508 e. The van der Waals surface area contributed by atoms with E-state index in [-0.39, 0.29) is 24.2 Å². The summed E-state index contributed by atoms with van der Waals surface area (Å²) in [5, 5.41) is 13.4.